The van der Waals surface area contributed by atoms with Crippen LogP contribution in [0.15, 0.2) is 24.3 Å². The first kappa shape index (κ1) is 13.3. The first-order chi connectivity index (χ1) is 8.53. The molecular weight excluding hydrogens is 229 g/mol. The topological polar surface area (TPSA) is 23.5 Å². The minimum absolute atomic E-state index is 0.184. The van der Waals surface area contributed by atoms with Gasteiger partial charge in [-0.15, -0.1) is 0 Å². The number of anilines is 1. The van der Waals surface area contributed by atoms with Crippen molar-refractivity contribution in [2.24, 2.45) is 11.3 Å². The molecule has 2 nitrogen and oxygen atoms in total. The van der Waals surface area contributed by atoms with Gasteiger partial charge < -0.3 is 10.0 Å². The molecular formula is C15H22FNO. The van der Waals surface area contributed by atoms with Gasteiger partial charge in [0, 0.05) is 25.4 Å². The van der Waals surface area contributed by atoms with E-state index in [-0.39, 0.29) is 17.8 Å². The Bertz CT molecular complexity index is 405. The Kier molecular flexibility index (Phi) is 3.91. The minimum Gasteiger partial charge on any atom is -0.396 e. The van der Waals surface area contributed by atoms with Crippen LogP contribution in [-0.2, 0) is 0 Å². The predicted molar refractivity (Wildman–Crippen MR) is 72.2 cm³/mol. The number of benzene rings is 1. The van der Waals surface area contributed by atoms with Crippen LogP contribution in [0, 0.1) is 17.2 Å². The third-order valence-corrected chi connectivity index (χ3v) is 4.22. The molecule has 100 valence electrons. The van der Waals surface area contributed by atoms with Crippen LogP contribution in [-0.4, -0.2) is 24.8 Å². The summed E-state index contributed by atoms with van der Waals surface area (Å²) in [6.45, 7) is 6.60. The number of hydrogen-bond acceptors (Lipinski definition) is 2. The Balaban J connectivity index is 2.13. The summed E-state index contributed by atoms with van der Waals surface area (Å²) in [6.07, 6.45) is 1.90. The lowest BCUT2D eigenvalue weighted by Gasteiger charge is -2.45. The summed E-state index contributed by atoms with van der Waals surface area (Å²) in [5.41, 5.74) is 1.21. The summed E-state index contributed by atoms with van der Waals surface area (Å²) in [7, 11) is 0. The molecule has 1 atom stereocenters. The maximum atomic E-state index is 13.3. The molecule has 1 unspecified atom stereocenters. The lowest BCUT2D eigenvalue weighted by Crippen LogP contribution is -2.45. The second-order valence-corrected chi connectivity index (χ2v) is 5.87. The van der Waals surface area contributed by atoms with Crippen molar-refractivity contribution >= 4 is 5.69 Å². The van der Waals surface area contributed by atoms with Gasteiger partial charge in [-0.3, -0.25) is 0 Å². The van der Waals surface area contributed by atoms with Gasteiger partial charge >= 0.3 is 0 Å². The molecule has 0 aliphatic carbocycles. The van der Waals surface area contributed by atoms with Crippen LogP contribution in [0.5, 0.6) is 0 Å². The van der Waals surface area contributed by atoms with E-state index in [1.165, 1.54) is 6.07 Å². The Morgan fingerprint density at radius 3 is 2.89 bits per heavy atom. The second-order valence-electron chi connectivity index (χ2n) is 5.87. The Morgan fingerprint density at radius 2 is 2.22 bits per heavy atom. The number of aliphatic hydroxyl groups is 1. The molecule has 0 saturated carbocycles. The molecule has 1 aliphatic heterocycles. The van der Waals surface area contributed by atoms with Crippen LogP contribution < -0.4 is 4.90 Å². The average molecular weight is 251 g/mol. The summed E-state index contributed by atoms with van der Waals surface area (Å²) in [4.78, 5) is 2.23. The largest absolute Gasteiger partial charge is 0.396 e. The normalized spacial score (nSPS) is 23.1. The Morgan fingerprint density at radius 1 is 1.44 bits per heavy atom. The molecule has 1 aromatic rings. The maximum absolute atomic E-state index is 13.3. The summed E-state index contributed by atoms with van der Waals surface area (Å²) in [5, 5.41) is 9.17. The van der Waals surface area contributed by atoms with Gasteiger partial charge in [-0.05, 0) is 42.4 Å². The zero-order chi connectivity index (χ0) is 13.2. The van der Waals surface area contributed by atoms with E-state index in [2.05, 4.69) is 18.7 Å². The molecule has 1 aromatic carbocycles. The molecule has 0 radical (unpaired) electrons. The minimum atomic E-state index is -0.184. The maximum Gasteiger partial charge on any atom is 0.125 e. The Labute approximate surface area is 108 Å². The zero-order valence-corrected chi connectivity index (χ0v) is 11.2. The molecule has 1 saturated heterocycles. The molecule has 0 aromatic heterocycles. The average Bonchev–Trinajstić information content (AvgIpc) is 2.32. The molecule has 0 spiro atoms. The number of hydrogen-bond donors (Lipinski definition) is 1. The number of rotatable bonds is 3. The fourth-order valence-corrected chi connectivity index (χ4v) is 2.78. The van der Waals surface area contributed by atoms with Gasteiger partial charge in [0.1, 0.15) is 5.82 Å². The van der Waals surface area contributed by atoms with E-state index < -0.39 is 0 Å². The monoisotopic (exact) mass is 251 g/mol. The van der Waals surface area contributed by atoms with Crippen LogP contribution in [0.25, 0.3) is 0 Å². The van der Waals surface area contributed by atoms with E-state index >= 15 is 0 Å². The molecule has 0 amide bonds. The van der Waals surface area contributed by atoms with Crippen molar-refractivity contribution in [2.45, 2.75) is 26.7 Å². The third kappa shape index (κ3) is 2.83. The second kappa shape index (κ2) is 5.27. The van der Waals surface area contributed by atoms with E-state index in [1.54, 1.807) is 12.1 Å². The smallest absolute Gasteiger partial charge is 0.125 e. The van der Waals surface area contributed by atoms with Crippen molar-refractivity contribution in [1.82, 2.24) is 0 Å². The van der Waals surface area contributed by atoms with Crippen molar-refractivity contribution < 1.29 is 9.50 Å². The van der Waals surface area contributed by atoms with Gasteiger partial charge in [-0.25, -0.2) is 4.39 Å². The van der Waals surface area contributed by atoms with Gasteiger partial charge in [0.2, 0.25) is 0 Å². The van der Waals surface area contributed by atoms with Gasteiger partial charge in [-0.2, -0.15) is 0 Å². The molecule has 2 rings (SSSR count). The fourth-order valence-electron chi connectivity index (χ4n) is 2.78. The quantitative estimate of drug-likeness (QED) is 0.892. The van der Waals surface area contributed by atoms with Crippen molar-refractivity contribution in [1.29, 1.82) is 0 Å². The lowest BCUT2D eigenvalue weighted by atomic mass is 9.72. The highest BCUT2D eigenvalue weighted by atomic mass is 19.1. The van der Waals surface area contributed by atoms with Gasteiger partial charge in [0.05, 0.1) is 0 Å². The van der Waals surface area contributed by atoms with Crippen LogP contribution in [0.1, 0.15) is 26.7 Å². The van der Waals surface area contributed by atoms with Gasteiger partial charge in [0.15, 0.2) is 0 Å². The van der Waals surface area contributed by atoms with Crippen molar-refractivity contribution in [3.8, 4) is 0 Å². The van der Waals surface area contributed by atoms with E-state index in [1.807, 2.05) is 6.07 Å². The summed E-state index contributed by atoms with van der Waals surface area (Å²) in [5.74, 6) is 0.274. The molecule has 3 heteroatoms. The molecule has 1 fully saturated rings. The van der Waals surface area contributed by atoms with Gasteiger partial charge in [-0.1, -0.05) is 19.9 Å². The Hall–Kier alpha value is -1.09. The fraction of sp³-hybridized carbons (Fsp3) is 0.600. The molecule has 0 bridgehead atoms. The standard InChI is InChI=1S/C15H22FNO/c1-15(2)7-8-17(11-12(15)6-9-18)14-5-3-4-13(16)10-14/h3-5,10,12,18H,6-9,11H2,1-2H3. The van der Waals surface area contributed by atoms with E-state index in [0.717, 1.165) is 31.6 Å². The molecule has 1 N–H and O–H groups in total. The molecule has 1 aliphatic rings. The summed E-state index contributed by atoms with van der Waals surface area (Å²) < 4.78 is 13.3. The zero-order valence-electron chi connectivity index (χ0n) is 11.2. The van der Waals surface area contributed by atoms with Crippen LogP contribution >= 0.6 is 0 Å². The van der Waals surface area contributed by atoms with Crippen molar-refractivity contribution in [2.75, 3.05) is 24.6 Å². The van der Waals surface area contributed by atoms with Crippen molar-refractivity contribution in [3.05, 3.63) is 30.1 Å². The van der Waals surface area contributed by atoms with Crippen LogP contribution in [0.4, 0.5) is 10.1 Å². The SMILES string of the molecule is CC1(C)CCN(c2cccc(F)c2)CC1CCO. The lowest BCUT2D eigenvalue weighted by molar-refractivity contribution is 0.132. The third-order valence-electron chi connectivity index (χ3n) is 4.22. The predicted octanol–water partition coefficient (Wildman–Crippen LogP) is 3.06. The number of nitrogens with zero attached hydrogens (tertiary/aromatic N) is 1. The van der Waals surface area contributed by atoms with Crippen LogP contribution in [0.2, 0.25) is 0 Å². The van der Waals surface area contributed by atoms with E-state index in [0.29, 0.717) is 5.92 Å². The molecule has 1 heterocycles. The first-order valence-corrected chi connectivity index (χ1v) is 6.64. The summed E-state index contributed by atoms with van der Waals surface area (Å²) in [6, 6.07) is 6.78. The summed E-state index contributed by atoms with van der Waals surface area (Å²) >= 11 is 0. The highest BCUT2D eigenvalue weighted by molar-refractivity contribution is 5.47. The number of halogens is 1. The number of piperidine rings is 1. The van der Waals surface area contributed by atoms with Crippen molar-refractivity contribution in [3.63, 3.8) is 0 Å². The van der Waals surface area contributed by atoms with Gasteiger partial charge in [0.25, 0.3) is 0 Å². The van der Waals surface area contributed by atoms with E-state index in [4.69, 9.17) is 0 Å². The van der Waals surface area contributed by atoms with Crippen LogP contribution in [0.3, 0.4) is 0 Å². The first-order valence-electron chi connectivity index (χ1n) is 6.64. The highest BCUT2D eigenvalue weighted by Crippen LogP contribution is 2.38. The highest BCUT2D eigenvalue weighted by Gasteiger charge is 2.35. The molecule has 18 heavy (non-hydrogen) atoms. The number of aliphatic hydroxyl groups excluding tert-OH is 1. The van der Waals surface area contributed by atoms with E-state index in [9.17, 15) is 9.50 Å².